The van der Waals surface area contributed by atoms with Crippen LogP contribution in [0, 0.1) is 13.8 Å². The van der Waals surface area contributed by atoms with Gasteiger partial charge in [-0.3, -0.25) is 4.79 Å². The van der Waals surface area contributed by atoms with Crippen molar-refractivity contribution in [3.05, 3.63) is 101 Å². The Bertz CT molecular complexity index is 948. The van der Waals surface area contributed by atoms with Gasteiger partial charge in [-0.05, 0) is 65.9 Å². The highest BCUT2D eigenvalue weighted by molar-refractivity contribution is 5.83. The molecule has 0 unspecified atom stereocenters. The maximum atomic E-state index is 12.0. The summed E-state index contributed by atoms with van der Waals surface area (Å²) in [4.78, 5) is 12.0. The van der Waals surface area contributed by atoms with Crippen molar-refractivity contribution in [2.75, 3.05) is 0 Å². The molecular weight excluding hydrogens is 348 g/mol. The minimum atomic E-state index is -0.137. The fourth-order valence-electron chi connectivity index (χ4n) is 2.71. The number of aryl methyl sites for hydroxylation is 2. The first kappa shape index (κ1) is 19.4. The largest absolute Gasteiger partial charge is 0.489 e. The molecule has 0 aliphatic heterocycles. The molecule has 4 heteroatoms. The van der Waals surface area contributed by atoms with E-state index < -0.39 is 0 Å². The molecule has 3 aromatic carbocycles. The molecular formula is C24H24N2O2. The fraction of sp³-hybridized carbons (Fsp3) is 0.167. The number of amides is 1. The highest BCUT2D eigenvalue weighted by Gasteiger charge is 2.03. The van der Waals surface area contributed by atoms with E-state index in [-0.39, 0.29) is 5.91 Å². The monoisotopic (exact) mass is 372 g/mol. The first-order valence-corrected chi connectivity index (χ1v) is 9.25. The number of nitrogens with one attached hydrogen (secondary N) is 1. The van der Waals surface area contributed by atoms with Gasteiger partial charge in [0.25, 0.3) is 0 Å². The van der Waals surface area contributed by atoms with E-state index in [1.807, 2.05) is 79.7 Å². The molecule has 28 heavy (non-hydrogen) atoms. The Balaban J connectivity index is 1.47. The fourth-order valence-corrected chi connectivity index (χ4v) is 2.71. The average Bonchev–Trinajstić information content (AvgIpc) is 2.71. The zero-order valence-corrected chi connectivity index (χ0v) is 16.2. The second-order valence-corrected chi connectivity index (χ2v) is 6.73. The number of rotatable bonds is 7. The number of hydrogen-bond donors (Lipinski definition) is 1. The molecule has 0 radical (unpaired) electrons. The number of nitrogens with zero attached hydrogens (tertiary/aromatic N) is 1. The lowest BCUT2D eigenvalue weighted by Gasteiger charge is -2.06. The van der Waals surface area contributed by atoms with Gasteiger partial charge in [-0.25, -0.2) is 5.43 Å². The van der Waals surface area contributed by atoms with Crippen molar-refractivity contribution in [2.24, 2.45) is 5.10 Å². The average molecular weight is 372 g/mol. The smallest absolute Gasteiger partial charge is 0.244 e. The number of benzene rings is 3. The molecule has 0 aliphatic carbocycles. The highest BCUT2D eigenvalue weighted by atomic mass is 16.5. The Kier molecular flexibility index (Phi) is 6.58. The van der Waals surface area contributed by atoms with Crippen LogP contribution in [-0.2, 0) is 17.8 Å². The van der Waals surface area contributed by atoms with Crippen molar-refractivity contribution in [3.8, 4) is 5.75 Å². The van der Waals surface area contributed by atoms with E-state index in [0.29, 0.717) is 13.0 Å². The second-order valence-electron chi connectivity index (χ2n) is 6.73. The third-order valence-corrected chi connectivity index (χ3v) is 4.47. The quantitative estimate of drug-likeness (QED) is 0.488. The van der Waals surface area contributed by atoms with E-state index in [0.717, 1.165) is 22.4 Å². The van der Waals surface area contributed by atoms with Crippen LogP contribution in [-0.4, -0.2) is 12.1 Å². The van der Waals surface area contributed by atoms with Gasteiger partial charge < -0.3 is 4.74 Å². The molecule has 142 valence electrons. The Morgan fingerprint density at radius 2 is 1.68 bits per heavy atom. The lowest BCUT2D eigenvalue weighted by molar-refractivity contribution is -0.120. The SMILES string of the molecule is Cc1ccc(CC(=O)N/N=C\c2ccc(OCc3ccccc3)cc2)cc1C. The maximum absolute atomic E-state index is 12.0. The second kappa shape index (κ2) is 9.51. The summed E-state index contributed by atoms with van der Waals surface area (Å²) in [6.45, 7) is 4.63. The van der Waals surface area contributed by atoms with E-state index in [1.165, 1.54) is 11.1 Å². The summed E-state index contributed by atoms with van der Waals surface area (Å²) in [5, 5.41) is 4.04. The maximum Gasteiger partial charge on any atom is 0.244 e. The lowest BCUT2D eigenvalue weighted by atomic mass is 10.0. The number of carbonyl (C=O) groups is 1. The van der Waals surface area contributed by atoms with Crippen LogP contribution in [0.5, 0.6) is 5.75 Å². The lowest BCUT2D eigenvalue weighted by Crippen LogP contribution is -2.19. The van der Waals surface area contributed by atoms with Gasteiger partial charge in [-0.2, -0.15) is 5.10 Å². The van der Waals surface area contributed by atoms with Gasteiger partial charge in [0.1, 0.15) is 12.4 Å². The minimum absolute atomic E-state index is 0.137. The van der Waals surface area contributed by atoms with Crippen LogP contribution in [0.1, 0.15) is 27.8 Å². The zero-order valence-electron chi connectivity index (χ0n) is 16.2. The third-order valence-electron chi connectivity index (χ3n) is 4.47. The van der Waals surface area contributed by atoms with Gasteiger partial charge in [-0.1, -0.05) is 48.5 Å². The molecule has 0 saturated carbocycles. The number of hydrogen-bond acceptors (Lipinski definition) is 3. The standard InChI is InChI=1S/C24H24N2O2/c1-18-8-9-22(14-19(18)2)15-24(27)26-25-16-20-10-12-23(13-11-20)28-17-21-6-4-3-5-7-21/h3-14,16H,15,17H2,1-2H3,(H,26,27)/b25-16-. The van der Waals surface area contributed by atoms with Crippen LogP contribution < -0.4 is 10.2 Å². The number of hydrazone groups is 1. The number of ether oxygens (including phenoxy) is 1. The number of carbonyl (C=O) groups excluding carboxylic acids is 1. The van der Waals surface area contributed by atoms with Crippen molar-refractivity contribution in [2.45, 2.75) is 26.9 Å². The van der Waals surface area contributed by atoms with Gasteiger partial charge in [0, 0.05) is 0 Å². The first-order chi connectivity index (χ1) is 13.6. The van der Waals surface area contributed by atoms with E-state index in [4.69, 9.17) is 4.74 Å². The Morgan fingerprint density at radius 1 is 0.929 bits per heavy atom. The van der Waals surface area contributed by atoms with Crippen LogP contribution >= 0.6 is 0 Å². The molecule has 1 amide bonds. The third kappa shape index (κ3) is 5.81. The topological polar surface area (TPSA) is 50.7 Å². The Hall–Kier alpha value is -3.40. The molecule has 0 saturated heterocycles. The summed E-state index contributed by atoms with van der Waals surface area (Å²) in [5.41, 5.74) is 7.97. The van der Waals surface area contributed by atoms with Crippen molar-refractivity contribution < 1.29 is 9.53 Å². The van der Waals surface area contributed by atoms with Gasteiger partial charge in [0.15, 0.2) is 0 Å². The molecule has 0 aromatic heterocycles. The molecule has 0 fully saturated rings. The molecule has 0 heterocycles. The molecule has 1 N–H and O–H groups in total. The first-order valence-electron chi connectivity index (χ1n) is 9.25. The molecule has 0 atom stereocenters. The Morgan fingerprint density at radius 3 is 2.39 bits per heavy atom. The van der Waals surface area contributed by atoms with Crippen LogP contribution in [0.25, 0.3) is 0 Å². The highest BCUT2D eigenvalue weighted by Crippen LogP contribution is 2.13. The normalized spacial score (nSPS) is 10.8. The van der Waals surface area contributed by atoms with Crippen LogP contribution in [0.3, 0.4) is 0 Å². The van der Waals surface area contributed by atoms with Gasteiger partial charge >= 0.3 is 0 Å². The molecule has 3 aromatic rings. The molecule has 3 rings (SSSR count). The van der Waals surface area contributed by atoms with Gasteiger partial charge in [-0.15, -0.1) is 0 Å². The summed E-state index contributed by atoms with van der Waals surface area (Å²) < 4.78 is 5.76. The van der Waals surface area contributed by atoms with E-state index in [9.17, 15) is 4.79 Å². The predicted octanol–water partition coefficient (Wildman–Crippen LogP) is 4.58. The van der Waals surface area contributed by atoms with E-state index in [1.54, 1.807) is 6.21 Å². The van der Waals surface area contributed by atoms with E-state index in [2.05, 4.69) is 17.5 Å². The predicted molar refractivity (Wildman–Crippen MR) is 113 cm³/mol. The van der Waals surface area contributed by atoms with Crippen molar-refractivity contribution in [1.82, 2.24) is 5.43 Å². The molecule has 0 bridgehead atoms. The summed E-state index contributed by atoms with van der Waals surface area (Å²) in [5.74, 6) is 0.655. The van der Waals surface area contributed by atoms with Crippen LogP contribution in [0.4, 0.5) is 0 Å². The van der Waals surface area contributed by atoms with E-state index >= 15 is 0 Å². The van der Waals surface area contributed by atoms with Gasteiger partial charge in [0.05, 0.1) is 12.6 Å². The minimum Gasteiger partial charge on any atom is -0.489 e. The van der Waals surface area contributed by atoms with Crippen molar-refractivity contribution >= 4 is 12.1 Å². The summed E-state index contributed by atoms with van der Waals surface area (Å²) in [6, 6.07) is 23.6. The molecule has 0 aliphatic rings. The zero-order chi connectivity index (χ0) is 19.8. The summed E-state index contributed by atoms with van der Waals surface area (Å²) in [6.07, 6.45) is 1.93. The molecule has 0 spiro atoms. The van der Waals surface area contributed by atoms with Crippen molar-refractivity contribution in [3.63, 3.8) is 0 Å². The molecule has 4 nitrogen and oxygen atoms in total. The van der Waals surface area contributed by atoms with Crippen molar-refractivity contribution in [1.29, 1.82) is 0 Å². The summed E-state index contributed by atoms with van der Waals surface area (Å²) >= 11 is 0. The Labute approximate surface area is 165 Å². The van der Waals surface area contributed by atoms with Crippen LogP contribution in [0.15, 0.2) is 77.9 Å². The van der Waals surface area contributed by atoms with Gasteiger partial charge in [0.2, 0.25) is 5.91 Å². The summed E-state index contributed by atoms with van der Waals surface area (Å²) in [7, 11) is 0. The van der Waals surface area contributed by atoms with Crippen LogP contribution in [0.2, 0.25) is 0 Å².